The average Bonchev–Trinajstić information content (AvgIpc) is 2.42. The second-order valence-electron chi connectivity index (χ2n) is 4.78. The highest BCUT2D eigenvalue weighted by atomic mass is 79.9. The van der Waals surface area contributed by atoms with Crippen molar-refractivity contribution in [3.8, 4) is 0 Å². The van der Waals surface area contributed by atoms with Crippen molar-refractivity contribution in [1.29, 1.82) is 0 Å². The molecule has 4 heteroatoms. The Bertz CT molecular complexity index is 613. The van der Waals surface area contributed by atoms with Crippen LogP contribution in [0.2, 0.25) is 0 Å². The van der Waals surface area contributed by atoms with Crippen LogP contribution in [0.5, 0.6) is 0 Å². The number of halogens is 3. The van der Waals surface area contributed by atoms with E-state index in [-0.39, 0.29) is 17.7 Å². The predicted octanol–water partition coefficient (Wildman–Crippen LogP) is 4.54. The molecule has 20 heavy (non-hydrogen) atoms. The van der Waals surface area contributed by atoms with Crippen LogP contribution in [0.4, 0.5) is 8.78 Å². The minimum atomic E-state index is -0.278. The highest BCUT2D eigenvalue weighted by molar-refractivity contribution is 9.10. The summed E-state index contributed by atoms with van der Waals surface area (Å²) in [6.45, 7) is 1.95. The van der Waals surface area contributed by atoms with Crippen molar-refractivity contribution >= 4 is 15.9 Å². The molecule has 0 radical (unpaired) electrons. The topological polar surface area (TPSA) is 12.0 Å². The molecule has 0 aliphatic heterocycles. The highest BCUT2D eigenvalue weighted by Crippen LogP contribution is 2.28. The lowest BCUT2D eigenvalue weighted by Crippen LogP contribution is -2.20. The molecule has 2 rings (SSSR count). The average molecular weight is 340 g/mol. The Morgan fingerprint density at radius 1 is 1.10 bits per heavy atom. The lowest BCUT2D eigenvalue weighted by atomic mass is 9.96. The predicted molar refractivity (Wildman–Crippen MR) is 80.7 cm³/mol. The number of likely N-dealkylation sites (N-methyl/N-ethyl adjacent to an activating group) is 1. The zero-order chi connectivity index (χ0) is 14.7. The molecular formula is C16H16BrF2N. The summed E-state index contributed by atoms with van der Waals surface area (Å²) in [5.74, 6) is -0.529. The molecule has 0 heterocycles. The Kier molecular flexibility index (Phi) is 4.89. The molecule has 0 aliphatic carbocycles. The van der Waals surface area contributed by atoms with E-state index in [0.717, 1.165) is 21.2 Å². The first-order chi connectivity index (χ1) is 9.51. The first-order valence-electron chi connectivity index (χ1n) is 6.38. The molecule has 0 aliphatic rings. The molecule has 1 N–H and O–H groups in total. The second-order valence-corrected chi connectivity index (χ2v) is 5.64. The van der Waals surface area contributed by atoms with Gasteiger partial charge in [0.25, 0.3) is 0 Å². The van der Waals surface area contributed by atoms with E-state index in [1.54, 1.807) is 12.1 Å². The molecule has 0 amide bonds. The summed E-state index contributed by atoms with van der Waals surface area (Å²) in [5, 5.41) is 3.16. The number of benzene rings is 2. The van der Waals surface area contributed by atoms with Gasteiger partial charge in [-0.05, 0) is 67.4 Å². The van der Waals surface area contributed by atoms with Crippen molar-refractivity contribution in [2.75, 3.05) is 7.05 Å². The molecule has 2 aromatic rings. The molecule has 0 aromatic heterocycles. The van der Waals surface area contributed by atoms with E-state index in [1.165, 1.54) is 24.3 Å². The van der Waals surface area contributed by atoms with Crippen LogP contribution in [0.25, 0.3) is 0 Å². The lowest BCUT2D eigenvalue weighted by Gasteiger charge is -2.19. The maximum atomic E-state index is 13.4. The number of aryl methyl sites for hydroxylation is 1. The third-order valence-electron chi connectivity index (χ3n) is 3.42. The summed E-state index contributed by atoms with van der Waals surface area (Å²) in [6, 6.07) is 9.26. The largest absolute Gasteiger partial charge is 0.313 e. The van der Waals surface area contributed by atoms with Crippen LogP contribution in [-0.2, 0) is 6.42 Å². The summed E-state index contributed by atoms with van der Waals surface area (Å²) in [6.07, 6.45) is 0.599. The Hall–Kier alpha value is -1.26. The molecule has 0 saturated heterocycles. The maximum Gasteiger partial charge on any atom is 0.123 e. The smallest absolute Gasteiger partial charge is 0.123 e. The highest BCUT2D eigenvalue weighted by Gasteiger charge is 2.15. The summed E-state index contributed by atoms with van der Waals surface area (Å²) in [5.41, 5.74) is 2.77. The van der Waals surface area contributed by atoms with Gasteiger partial charge in [0.05, 0.1) is 0 Å². The number of hydrogen-bond acceptors (Lipinski definition) is 1. The molecule has 1 unspecified atom stereocenters. The molecule has 0 fully saturated rings. The van der Waals surface area contributed by atoms with Gasteiger partial charge in [0, 0.05) is 10.5 Å². The maximum absolute atomic E-state index is 13.4. The number of nitrogens with one attached hydrogen (secondary N) is 1. The molecule has 2 aromatic carbocycles. The second kappa shape index (κ2) is 6.46. The molecular weight excluding hydrogens is 324 g/mol. The van der Waals surface area contributed by atoms with Crippen LogP contribution in [0.1, 0.15) is 22.7 Å². The van der Waals surface area contributed by atoms with Gasteiger partial charge in [-0.3, -0.25) is 0 Å². The third kappa shape index (κ3) is 3.44. The van der Waals surface area contributed by atoms with Gasteiger partial charge in [0.1, 0.15) is 11.6 Å². The molecule has 0 spiro atoms. The van der Waals surface area contributed by atoms with Crippen molar-refractivity contribution in [1.82, 2.24) is 5.32 Å². The quantitative estimate of drug-likeness (QED) is 0.862. The SMILES string of the molecule is CNC(Cc1cc(F)ccc1C)c1cc(F)ccc1Br. The standard InChI is InChI=1S/C16H16BrF2N/c1-10-3-4-12(18)7-11(10)8-16(20-2)14-9-13(19)5-6-15(14)17/h3-7,9,16,20H,8H2,1-2H3. The van der Waals surface area contributed by atoms with Crippen LogP contribution < -0.4 is 5.32 Å². The molecule has 0 bridgehead atoms. The lowest BCUT2D eigenvalue weighted by molar-refractivity contribution is 0.569. The van der Waals surface area contributed by atoms with E-state index in [0.29, 0.717) is 6.42 Å². The Balaban J connectivity index is 2.33. The van der Waals surface area contributed by atoms with Crippen molar-refractivity contribution < 1.29 is 8.78 Å². The van der Waals surface area contributed by atoms with Crippen molar-refractivity contribution in [3.05, 3.63) is 69.2 Å². The summed E-state index contributed by atoms with van der Waals surface area (Å²) in [4.78, 5) is 0. The summed E-state index contributed by atoms with van der Waals surface area (Å²) in [7, 11) is 1.82. The van der Waals surface area contributed by atoms with Crippen LogP contribution in [0.3, 0.4) is 0 Å². The summed E-state index contributed by atoms with van der Waals surface area (Å²) >= 11 is 3.44. The van der Waals surface area contributed by atoms with Gasteiger partial charge in [-0.2, -0.15) is 0 Å². The van der Waals surface area contributed by atoms with Gasteiger partial charge >= 0.3 is 0 Å². The normalized spacial score (nSPS) is 12.4. The van der Waals surface area contributed by atoms with Gasteiger partial charge in [-0.25, -0.2) is 8.78 Å². The van der Waals surface area contributed by atoms with E-state index in [9.17, 15) is 8.78 Å². The minimum absolute atomic E-state index is 0.0828. The van der Waals surface area contributed by atoms with Crippen molar-refractivity contribution in [2.24, 2.45) is 0 Å². The van der Waals surface area contributed by atoms with Crippen LogP contribution >= 0.6 is 15.9 Å². The first kappa shape index (κ1) is 15.1. The monoisotopic (exact) mass is 339 g/mol. The van der Waals surface area contributed by atoms with E-state index in [4.69, 9.17) is 0 Å². The third-order valence-corrected chi connectivity index (χ3v) is 4.14. The summed E-state index contributed by atoms with van der Waals surface area (Å²) < 4.78 is 27.6. The Morgan fingerprint density at radius 3 is 2.45 bits per heavy atom. The van der Waals surface area contributed by atoms with Crippen LogP contribution in [-0.4, -0.2) is 7.05 Å². The van der Waals surface area contributed by atoms with Crippen LogP contribution in [0.15, 0.2) is 40.9 Å². The Labute approximate surface area is 126 Å². The molecule has 106 valence electrons. The number of hydrogen-bond donors (Lipinski definition) is 1. The van der Waals surface area contributed by atoms with Gasteiger partial charge < -0.3 is 5.32 Å². The van der Waals surface area contributed by atoms with Crippen molar-refractivity contribution in [3.63, 3.8) is 0 Å². The molecule has 1 atom stereocenters. The number of rotatable bonds is 4. The van der Waals surface area contributed by atoms with Gasteiger partial charge in [0.2, 0.25) is 0 Å². The van der Waals surface area contributed by atoms with E-state index < -0.39 is 0 Å². The van der Waals surface area contributed by atoms with Gasteiger partial charge in [-0.15, -0.1) is 0 Å². The first-order valence-corrected chi connectivity index (χ1v) is 7.18. The van der Waals surface area contributed by atoms with E-state index >= 15 is 0 Å². The Morgan fingerprint density at radius 2 is 1.75 bits per heavy atom. The van der Waals surface area contributed by atoms with E-state index in [2.05, 4.69) is 21.2 Å². The fourth-order valence-electron chi connectivity index (χ4n) is 2.23. The zero-order valence-corrected chi connectivity index (χ0v) is 13.0. The molecule has 1 nitrogen and oxygen atoms in total. The molecule has 0 saturated carbocycles. The van der Waals surface area contributed by atoms with Gasteiger partial charge in [-0.1, -0.05) is 22.0 Å². The van der Waals surface area contributed by atoms with Crippen LogP contribution in [0, 0.1) is 18.6 Å². The van der Waals surface area contributed by atoms with Gasteiger partial charge in [0.15, 0.2) is 0 Å². The fraction of sp³-hybridized carbons (Fsp3) is 0.250. The van der Waals surface area contributed by atoms with E-state index in [1.807, 2.05) is 14.0 Å². The van der Waals surface area contributed by atoms with Crippen molar-refractivity contribution in [2.45, 2.75) is 19.4 Å². The minimum Gasteiger partial charge on any atom is -0.313 e. The fourth-order valence-corrected chi connectivity index (χ4v) is 2.75. The zero-order valence-electron chi connectivity index (χ0n) is 11.4.